The molecule has 0 heterocycles. The third-order valence-electron chi connectivity index (χ3n) is 4.06. The number of hydrogen-bond acceptors (Lipinski definition) is 3. The Bertz CT molecular complexity index is 648. The maximum Gasteiger partial charge on any atom is 0.163 e. The van der Waals surface area contributed by atoms with Crippen LogP contribution in [-0.2, 0) is 9.78 Å². The van der Waals surface area contributed by atoms with Crippen LogP contribution in [0.25, 0.3) is 0 Å². The van der Waals surface area contributed by atoms with Gasteiger partial charge < -0.3 is 0 Å². The molecule has 0 aliphatic heterocycles. The maximum absolute atomic E-state index is 12.5. The van der Waals surface area contributed by atoms with E-state index in [1.54, 1.807) is 24.3 Å². The number of carbonyl (C=O) groups excluding carboxylic acids is 1. The van der Waals surface area contributed by atoms with Crippen molar-refractivity contribution in [2.24, 2.45) is 0 Å². The summed E-state index contributed by atoms with van der Waals surface area (Å²) >= 11 is 5.88. The Morgan fingerprint density at radius 3 is 2.12 bits per heavy atom. The van der Waals surface area contributed by atoms with Crippen molar-refractivity contribution in [3.8, 4) is 0 Å². The van der Waals surface area contributed by atoms with Gasteiger partial charge in [0.1, 0.15) is 0 Å². The molecule has 1 atom stereocenters. The number of halogens is 1. The first-order valence-corrected chi connectivity index (χ1v) is 8.43. The zero-order chi connectivity index (χ0) is 17.5. The minimum atomic E-state index is -0.0608. The molecule has 3 nitrogen and oxygen atoms in total. The van der Waals surface area contributed by atoms with Crippen molar-refractivity contribution < 1.29 is 14.6 Å². The smallest absolute Gasteiger partial charge is 0.163 e. The molecule has 0 spiro atoms. The van der Waals surface area contributed by atoms with Crippen molar-refractivity contribution in [1.82, 2.24) is 0 Å². The predicted octanol–water partition coefficient (Wildman–Crippen LogP) is 5.40. The molecule has 0 aliphatic carbocycles. The summed E-state index contributed by atoms with van der Waals surface area (Å²) in [6.07, 6.45) is 0.353. The van der Waals surface area contributed by atoms with Gasteiger partial charge in [-0.05, 0) is 41.3 Å². The number of benzene rings is 2. The Balaban J connectivity index is 2.15. The van der Waals surface area contributed by atoms with Gasteiger partial charge in [0.15, 0.2) is 5.78 Å². The van der Waals surface area contributed by atoms with E-state index in [0.717, 1.165) is 5.56 Å². The molecule has 4 heteroatoms. The van der Waals surface area contributed by atoms with Gasteiger partial charge in [0, 0.05) is 22.9 Å². The highest BCUT2D eigenvalue weighted by Gasteiger charge is 2.18. The number of carbonyl (C=O) groups is 1. The summed E-state index contributed by atoms with van der Waals surface area (Å²) in [4.78, 5) is 22.4. The minimum absolute atomic E-state index is 0.0595. The van der Waals surface area contributed by atoms with Crippen molar-refractivity contribution in [1.29, 1.82) is 0 Å². The van der Waals surface area contributed by atoms with E-state index in [2.05, 4.69) is 38.1 Å². The molecule has 0 aliphatic rings. The fourth-order valence-corrected chi connectivity index (χ4v) is 2.68. The summed E-state index contributed by atoms with van der Waals surface area (Å²) in [5.41, 5.74) is 2.99. The third kappa shape index (κ3) is 5.17. The normalized spacial score (nSPS) is 12.4. The van der Waals surface area contributed by atoms with E-state index < -0.39 is 0 Å². The highest BCUT2D eigenvalue weighted by atomic mass is 35.5. The average Bonchev–Trinajstić information content (AvgIpc) is 2.59. The van der Waals surface area contributed by atoms with Gasteiger partial charge in [-0.1, -0.05) is 49.7 Å². The molecule has 2 aromatic carbocycles. The molecular formula is C20H23ClO3. The maximum atomic E-state index is 12.5. The first kappa shape index (κ1) is 18.7. The van der Waals surface area contributed by atoms with Gasteiger partial charge in [-0.3, -0.25) is 4.79 Å². The SMILES string of the molecule is COOCC(CC(=O)c1ccc(Cl)cc1)c1ccc(C(C)C)cc1. The van der Waals surface area contributed by atoms with Crippen LogP contribution in [0.1, 0.15) is 53.6 Å². The molecule has 0 fully saturated rings. The van der Waals surface area contributed by atoms with E-state index in [9.17, 15) is 4.79 Å². The van der Waals surface area contributed by atoms with Crippen LogP contribution in [0, 0.1) is 0 Å². The van der Waals surface area contributed by atoms with Crippen LogP contribution in [0.2, 0.25) is 5.02 Å². The molecular weight excluding hydrogens is 324 g/mol. The lowest BCUT2D eigenvalue weighted by atomic mass is 9.90. The van der Waals surface area contributed by atoms with E-state index >= 15 is 0 Å². The molecule has 2 rings (SSSR count). The van der Waals surface area contributed by atoms with Crippen LogP contribution in [-0.4, -0.2) is 19.5 Å². The zero-order valence-electron chi connectivity index (χ0n) is 14.3. The lowest BCUT2D eigenvalue weighted by Crippen LogP contribution is -2.13. The fourth-order valence-electron chi connectivity index (χ4n) is 2.55. The van der Waals surface area contributed by atoms with Crippen molar-refractivity contribution in [3.05, 3.63) is 70.2 Å². The van der Waals surface area contributed by atoms with E-state index in [1.807, 2.05) is 0 Å². The molecule has 0 radical (unpaired) electrons. The van der Waals surface area contributed by atoms with E-state index in [0.29, 0.717) is 29.5 Å². The molecule has 24 heavy (non-hydrogen) atoms. The van der Waals surface area contributed by atoms with Crippen LogP contribution < -0.4 is 0 Å². The van der Waals surface area contributed by atoms with Gasteiger partial charge in [0.05, 0.1) is 13.7 Å². The van der Waals surface area contributed by atoms with Crippen LogP contribution >= 0.6 is 11.6 Å². The highest BCUT2D eigenvalue weighted by molar-refractivity contribution is 6.30. The van der Waals surface area contributed by atoms with Crippen molar-refractivity contribution >= 4 is 17.4 Å². The van der Waals surface area contributed by atoms with E-state index in [4.69, 9.17) is 21.4 Å². The number of Topliss-reactive ketones (excluding diaryl/α,β-unsaturated/α-hetero) is 1. The number of ketones is 1. The second-order valence-electron chi connectivity index (χ2n) is 6.10. The molecule has 0 saturated heterocycles. The number of rotatable bonds is 8. The lowest BCUT2D eigenvalue weighted by molar-refractivity contribution is -0.275. The van der Waals surface area contributed by atoms with Gasteiger partial charge in [0.2, 0.25) is 0 Å². The molecule has 0 saturated carbocycles. The van der Waals surface area contributed by atoms with Gasteiger partial charge in [-0.25, -0.2) is 9.78 Å². The molecule has 0 aromatic heterocycles. The summed E-state index contributed by atoms with van der Waals surface area (Å²) in [6.45, 7) is 4.64. The molecule has 0 amide bonds. The minimum Gasteiger partial charge on any atom is -0.294 e. The quantitative estimate of drug-likeness (QED) is 0.365. The van der Waals surface area contributed by atoms with Gasteiger partial charge in [0.25, 0.3) is 0 Å². The fraction of sp³-hybridized carbons (Fsp3) is 0.350. The largest absolute Gasteiger partial charge is 0.294 e. The summed E-state index contributed by atoms with van der Waals surface area (Å²) < 4.78 is 0. The summed E-state index contributed by atoms with van der Waals surface area (Å²) in [5, 5.41) is 0.620. The lowest BCUT2D eigenvalue weighted by Gasteiger charge is -2.17. The van der Waals surface area contributed by atoms with Crippen molar-refractivity contribution in [2.45, 2.75) is 32.1 Å². The van der Waals surface area contributed by atoms with Crippen LogP contribution in [0.15, 0.2) is 48.5 Å². The average molecular weight is 347 g/mol. The summed E-state index contributed by atoms with van der Waals surface area (Å²) in [7, 11) is 1.47. The topological polar surface area (TPSA) is 35.5 Å². The van der Waals surface area contributed by atoms with Crippen molar-refractivity contribution in [3.63, 3.8) is 0 Å². The summed E-state index contributed by atoms with van der Waals surface area (Å²) in [6, 6.07) is 15.3. The first-order valence-electron chi connectivity index (χ1n) is 8.05. The Labute approximate surface area is 148 Å². The zero-order valence-corrected chi connectivity index (χ0v) is 15.0. The van der Waals surface area contributed by atoms with Crippen LogP contribution in [0.4, 0.5) is 0 Å². The monoisotopic (exact) mass is 346 g/mol. The van der Waals surface area contributed by atoms with Gasteiger partial charge in [-0.2, -0.15) is 0 Å². The molecule has 0 N–H and O–H groups in total. The Kier molecular flexibility index (Phi) is 6.98. The van der Waals surface area contributed by atoms with E-state index in [-0.39, 0.29) is 11.7 Å². The molecule has 0 bridgehead atoms. The molecule has 1 unspecified atom stereocenters. The molecule has 128 valence electrons. The van der Waals surface area contributed by atoms with Crippen LogP contribution in [0.3, 0.4) is 0 Å². The van der Waals surface area contributed by atoms with Gasteiger partial charge in [-0.15, -0.1) is 0 Å². The van der Waals surface area contributed by atoms with E-state index in [1.165, 1.54) is 12.7 Å². The highest BCUT2D eigenvalue weighted by Crippen LogP contribution is 2.25. The third-order valence-corrected chi connectivity index (χ3v) is 4.31. The standard InChI is InChI=1S/C20H23ClO3/c1-14(2)15-4-6-16(7-5-15)18(13-24-23-3)12-20(22)17-8-10-19(21)11-9-17/h4-11,14,18H,12-13H2,1-3H3. The number of hydrogen-bond donors (Lipinski definition) is 0. The Hall–Kier alpha value is -1.68. The Morgan fingerprint density at radius 2 is 1.58 bits per heavy atom. The first-order chi connectivity index (χ1) is 11.5. The van der Waals surface area contributed by atoms with Gasteiger partial charge >= 0.3 is 0 Å². The molecule has 2 aromatic rings. The predicted molar refractivity (Wildman–Crippen MR) is 96.6 cm³/mol. The second kappa shape index (κ2) is 8.97. The Morgan fingerprint density at radius 1 is 1.00 bits per heavy atom. The van der Waals surface area contributed by atoms with Crippen molar-refractivity contribution in [2.75, 3.05) is 13.7 Å². The van der Waals surface area contributed by atoms with Crippen LogP contribution in [0.5, 0.6) is 0 Å². The second-order valence-corrected chi connectivity index (χ2v) is 6.54. The summed E-state index contributed by atoms with van der Waals surface area (Å²) in [5.74, 6) is 0.474.